The van der Waals surface area contributed by atoms with E-state index in [1.165, 1.54) is 37.6 Å². The molecule has 2 heterocycles. The van der Waals surface area contributed by atoms with Gasteiger partial charge in [-0.1, -0.05) is 11.6 Å². The number of halogens is 2. The van der Waals surface area contributed by atoms with Crippen LogP contribution in [0.3, 0.4) is 0 Å². The number of nitrogens with zero attached hydrogens (tertiary/aromatic N) is 5. The van der Waals surface area contributed by atoms with Gasteiger partial charge in [0.15, 0.2) is 11.6 Å². The first-order valence-corrected chi connectivity index (χ1v) is 8.80. The van der Waals surface area contributed by atoms with E-state index in [-0.39, 0.29) is 33.7 Å². The van der Waals surface area contributed by atoms with Gasteiger partial charge in [-0.25, -0.2) is 14.0 Å². The molecule has 152 valence electrons. The van der Waals surface area contributed by atoms with Gasteiger partial charge in [0.05, 0.1) is 18.3 Å². The summed E-state index contributed by atoms with van der Waals surface area (Å²) in [5.41, 5.74) is 3.94. The van der Waals surface area contributed by atoms with E-state index in [2.05, 4.69) is 40.8 Å². The van der Waals surface area contributed by atoms with Crippen LogP contribution in [-0.4, -0.2) is 38.7 Å². The van der Waals surface area contributed by atoms with Gasteiger partial charge >= 0.3 is 0 Å². The van der Waals surface area contributed by atoms with Crippen LogP contribution >= 0.6 is 11.6 Å². The van der Waals surface area contributed by atoms with Crippen molar-refractivity contribution in [2.24, 2.45) is 5.10 Å². The molecule has 10 nitrogen and oxygen atoms in total. The van der Waals surface area contributed by atoms with Crippen LogP contribution in [0.5, 0.6) is 11.5 Å². The molecule has 0 aliphatic rings. The SMILES string of the molecule is COc1ccc(C=NNc2nc3nonc3nc2Nc2ccc(F)c(Cl)c2)c(O)c1. The number of ether oxygens (including phenoxy) is 1. The fraction of sp³-hybridized carbons (Fsp3) is 0.0556. The quantitative estimate of drug-likeness (QED) is 0.310. The maximum Gasteiger partial charge on any atom is 0.245 e. The van der Waals surface area contributed by atoms with Crippen molar-refractivity contribution in [1.29, 1.82) is 0 Å². The largest absolute Gasteiger partial charge is 0.507 e. The molecule has 0 saturated carbocycles. The molecule has 12 heteroatoms. The number of aromatic nitrogens is 4. The van der Waals surface area contributed by atoms with Crippen molar-refractivity contribution in [1.82, 2.24) is 20.3 Å². The Balaban J connectivity index is 1.62. The molecule has 2 aromatic heterocycles. The predicted octanol–water partition coefficient (Wildman–Crippen LogP) is 3.71. The molecule has 0 saturated heterocycles. The highest BCUT2D eigenvalue weighted by atomic mass is 35.5. The van der Waals surface area contributed by atoms with Crippen LogP contribution in [0, 0.1) is 5.82 Å². The average molecular weight is 430 g/mol. The second kappa shape index (κ2) is 8.17. The third kappa shape index (κ3) is 4.05. The minimum absolute atomic E-state index is 0.0126. The Hall–Kier alpha value is -3.99. The third-order valence-corrected chi connectivity index (χ3v) is 4.20. The first kappa shape index (κ1) is 19.3. The highest BCUT2D eigenvalue weighted by Crippen LogP contribution is 2.27. The van der Waals surface area contributed by atoms with E-state index in [4.69, 9.17) is 16.3 Å². The van der Waals surface area contributed by atoms with E-state index in [0.29, 0.717) is 17.0 Å². The van der Waals surface area contributed by atoms with Gasteiger partial charge in [0.1, 0.15) is 17.3 Å². The lowest BCUT2D eigenvalue weighted by Gasteiger charge is -2.10. The number of phenols is 1. The van der Waals surface area contributed by atoms with Crippen molar-refractivity contribution in [3.05, 3.63) is 52.8 Å². The van der Waals surface area contributed by atoms with E-state index >= 15 is 0 Å². The molecule has 0 aliphatic heterocycles. The van der Waals surface area contributed by atoms with E-state index in [1.54, 1.807) is 12.1 Å². The molecule has 0 atom stereocenters. The zero-order chi connectivity index (χ0) is 21.1. The lowest BCUT2D eigenvalue weighted by molar-refractivity contribution is 0.314. The van der Waals surface area contributed by atoms with Crippen LogP contribution in [-0.2, 0) is 0 Å². The van der Waals surface area contributed by atoms with Gasteiger partial charge in [-0.2, -0.15) is 10.1 Å². The monoisotopic (exact) mass is 429 g/mol. The van der Waals surface area contributed by atoms with Crippen LogP contribution < -0.4 is 15.5 Å². The average Bonchev–Trinajstić information content (AvgIpc) is 3.19. The zero-order valence-corrected chi connectivity index (χ0v) is 16.1. The summed E-state index contributed by atoms with van der Waals surface area (Å²) in [6.45, 7) is 0. The lowest BCUT2D eigenvalue weighted by Crippen LogP contribution is -2.03. The number of methoxy groups -OCH3 is 1. The molecule has 4 aromatic rings. The van der Waals surface area contributed by atoms with Crippen LogP contribution in [0.25, 0.3) is 11.3 Å². The lowest BCUT2D eigenvalue weighted by atomic mass is 10.2. The highest BCUT2D eigenvalue weighted by Gasteiger charge is 2.13. The van der Waals surface area contributed by atoms with E-state index in [9.17, 15) is 9.50 Å². The zero-order valence-electron chi connectivity index (χ0n) is 15.3. The maximum atomic E-state index is 13.4. The number of rotatable bonds is 6. The summed E-state index contributed by atoms with van der Waals surface area (Å²) < 4.78 is 23.1. The number of anilines is 3. The van der Waals surface area contributed by atoms with Crippen molar-refractivity contribution in [3.63, 3.8) is 0 Å². The summed E-state index contributed by atoms with van der Waals surface area (Å²) in [7, 11) is 1.50. The molecular formula is C18H13ClFN7O3. The summed E-state index contributed by atoms with van der Waals surface area (Å²) in [4.78, 5) is 8.51. The van der Waals surface area contributed by atoms with E-state index in [0.717, 1.165) is 0 Å². The Morgan fingerprint density at radius 1 is 1.13 bits per heavy atom. The number of hydrogen-bond acceptors (Lipinski definition) is 10. The first-order valence-electron chi connectivity index (χ1n) is 8.42. The fourth-order valence-electron chi connectivity index (χ4n) is 2.44. The number of phenolic OH excluding ortho intramolecular Hbond substituents is 1. The van der Waals surface area contributed by atoms with Gasteiger partial charge in [0.25, 0.3) is 0 Å². The first-order chi connectivity index (χ1) is 14.5. The second-order valence-corrected chi connectivity index (χ2v) is 6.29. The van der Waals surface area contributed by atoms with Crippen molar-refractivity contribution in [3.8, 4) is 11.5 Å². The maximum absolute atomic E-state index is 13.4. The molecule has 0 unspecified atom stereocenters. The molecule has 4 rings (SSSR count). The third-order valence-electron chi connectivity index (χ3n) is 3.91. The van der Waals surface area contributed by atoms with Gasteiger partial charge in [-0.3, -0.25) is 5.43 Å². The molecule has 0 radical (unpaired) electrons. The summed E-state index contributed by atoms with van der Waals surface area (Å²) in [5, 5.41) is 24.3. The molecular weight excluding hydrogens is 417 g/mol. The smallest absolute Gasteiger partial charge is 0.245 e. The number of benzene rings is 2. The van der Waals surface area contributed by atoms with E-state index < -0.39 is 5.82 Å². The summed E-state index contributed by atoms with van der Waals surface area (Å²) in [6, 6.07) is 8.86. The van der Waals surface area contributed by atoms with Gasteiger partial charge in [-0.05, 0) is 40.6 Å². The van der Waals surface area contributed by atoms with E-state index in [1.807, 2.05) is 0 Å². The Bertz CT molecular complexity index is 1250. The van der Waals surface area contributed by atoms with Crippen molar-refractivity contribution in [2.45, 2.75) is 0 Å². The Kier molecular flexibility index (Phi) is 5.26. The van der Waals surface area contributed by atoms with Gasteiger partial charge in [0, 0.05) is 17.3 Å². The normalized spacial score (nSPS) is 11.2. The van der Waals surface area contributed by atoms with Crippen LogP contribution in [0.2, 0.25) is 5.02 Å². The van der Waals surface area contributed by atoms with Gasteiger partial charge in [-0.15, -0.1) is 0 Å². The molecule has 0 aliphatic carbocycles. The number of hydrazone groups is 1. The van der Waals surface area contributed by atoms with Crippen LogP contribution in [0.4, 0.5) is 21.7 Å². The molecule has 0 spiro atoms. The minimum Gasteiger partial charge on any atom is -0.507 e. The van der Waals surface area contributed by atoms with Gasteiger partial charge in [0.2, 0.25) is 11.3 Å². The predicted molar refractivity (Wildman–Crippen MR) is 108 cm³/mol. The summed E-state index contributed by atoms with van der Waals surface area (Å²) >= 11 is 5.83. The molecule has 30 heavy (non-hydrogen) atoms. The fourth-order valence-corrected chi connectivity index (χ4v) is 2.62. The highest BCUT2D eigenvalue weighted by molar-refractivity contribution is 6.31. The Morgan fingerprint density at radius 3 is 2.60 bits per heavy atom. The standard InChI is InChI=1S/C18H13ClFN7O3/c1-29-11-4-2-9(14(28)7-11)8-21-25-16-15(23-17-18(24-16)27-30-26-17)22-10-3-5-13(20)12(19)6-10/h2-8,28H,1H3,(H,22,23,26)(H,24,25,27). The van der Waals surface area contributed by atoms with Crippen molar-refractivity contribution < 1.29 is 18.9 Å². The molecule has 2 aromatic carbocycles. The molecule has 0 bridgehead atoms. The summed E-state index contributed by atoms with van der Waals surface area (Å²) in [6.07, 6.45) is 1.39. The van der Waals surface area contributed by atoms with Crippen LogP contribution in [0.15, 0.2) is 46.1 Å². The van der Waals surface area contributed by atoms with Gasteiger partial charge < -0.3 is 15.2 Å². The van der Waals surface area contributed by atoms with Crippen LogP contribution in [0.1, 0.15) is 5.56 Å². The number of aromatic hydroxyl groups is 1. The second-order valence-electron chi connectivity index (χ2n) is 5.88. The minimum atomic E-state index is -0.549. The molecule has 3 N–H and O–H groups in total. The number of hydrogen-bond donors (Lipinski definition) is 3. The topological polar surface area (TPSA) is 131 Å². The Labute approximate surface area is 173 Å². The van der Waals surface area contributed by atoms with Crippen molar-refractivity contribution in [2.75, 3.05) is 17.9 Å². The van der Waals surface area contributed by atoms with Crippen molar-refractivity contribution >= 4 is 46.4 Å². The molecule has 0 fully saturated rings. The number of nitrogens with one attached hydrogen (secondary N) is 2. The Morgan fingerprint density at radius 2 is 1.90 bits per heavy atom. The number of fused-ring (bicyclic) bond motifs is 1. The summed E-state index contributed by atoms with van der Waals surface area (Å²) in [5.74, 6) is 0.352. The molecule has 0 amide bonds.